The van der Waals surface area contributed by atoms with E-state index in [4.69, 9.17) is 10.00 Å². The summed E-state index contributed by atoms with van der Waals surface area (Å²) in [6.45, 7) is 2.96. The van der Waals surface area contributed by atoms with Crippen LogP contribution in [0.4, 0.5) is 18.9 Å². The summed E-state index contributed by atoms with van der Waals surface area (Å²) in [7, 11) is 0. The van der Waals surface area contributed by atoms with Crippen LogP contribution in [0.5, 0.6) is 0 Å². The van der Waals surface area contributed by atoms with Gasteiger partial charge < -0.3 is 9.47 Å². The van der Waals surface area contributed by atoms with Crippen LogP contribution in [-0.2, 0) is 30.0 Å². The summed E-state index contributed by atoms with van der Waals surface area (Å²) >= 11 is 4.28. The number of halogens is 3. The summed E-state index contributed by atoms with van der Waals surface area (Å²) in [6, 6.07) is 1.99. The van der Waals surface area contributed by atoms with E-state index in [0.29, 0.717) is 6.07 Å². The number of pyridine rings is 1. The van der Waals surface area contributed by atoms with Gasteiger partial charge in [0.2, 0.25) is 12.7 Å². The number of carbonyl (C=O) groups excluding carboxylic acids is 3. The molecule has 0 spiro atoms. The molecule has 1 aliphatic heterocycles. The van der Waals surface area contributed by atoms with Crippen LogP contribution in [-0.4, -0.2) is 52.1 Å². The third kappa shape index (κ3) is 4.65. The van der Waals surface area contributed by atoms with E-state index in [-0.39, 0.29) is 5.69 Å². The number of esters is 2. The molecule has 1 aromatic rings. The number of carbonyl (C=O) groups is 3. The maximum Gasteiger partial charge on any atom is 0.419 e. The summed E-state index contributed by atoms with van der Waals surface area (Å²) in [4.78, 5) is 41.4. The molecular formula is C17H17F3N4O5S. The molecule has 0 radical (unpaired) electrons. The van der Waals surface area contributed by atoms with E-state index in [2.05, 4.69) is 22.3 Å². The Bertz CT molecular complexity index is 916. The normalized spacial score (nSPS) is 18.8. The zero-order chi connectivity index (χ0) is 22.9. The number of ether oxygens (including phenoxy) is 2. The lowest BCUT2D eigenvalue weighted by Crippen LogP contribution is -2.47. The molecule has 162 valence electrons. The fourth-order valence-electron chi connectivity index (χ4n) is 2.73. The predicted octanol–water partition coefficient (Wildman–Crippen LogP) is 1.68. The lowest BCUT2D eigenvalue weighted by molar-refractivity contribution is -0.167. The van der Waals surface area contributed by atoms with Crippen molar-refractivity contribution in [3.05, 3.63) is 23.5 Å². The second-order valence-corrected chi connectivity index (χ2v) is 7.14. The highest BCUT2D eigenvalue weighted by Gasteiger charge is 2.52. The molecule has 1 aliphatic rings. The Labute approximate surface area is 174 Å². The first-order valence-electron chi connectivity index (χ1n) is 8.35. The number of rotatable bonds is 5. The zero-order valence-electron chi connectivity index (χ0n) is 16.1. The number of hydrogen-bond donors (Lipinski definition) is 1. The molecule has 9 nitrogen and oxygen atoms in total. The largest absolute Gasteiger partial charge is 0.428 e. The summed E-state index contributed by atoms with van der Waals surface area (Å²) in [5.74, 6) is -2.15. The fraction of sp³-hybridized carbons (Fsp3) is 0.471. The minimum Gasteiger partial charge on any atom is -0.428 e. The van der Waals surface area contributed by atoms with Crippen LogP contribution in [0.25, 0.3) is 0 Å². The maximum absolute atomic E-state index is 13.3. The molecule has 1 unspecified atom stereocenters. The average molecular weight is 446 g/mol. The van der Waals surface area contributed by atoms with Crippen molar-refractivity contribution in [1.82, 2.24) is 9.88 Å². The van der Waals surface area contributed by atoms with E-state index in [1.807, 2.05) is 0 Å². The van der Waals surface area contributed by atoms with Gasteiger partial charge in [-0.25, -0.2) is 9.88 Å². The molecule has 30 heavy (non-hydrogen) atoms. The van der Waals surface area contributed by atoms with Gasteiger partial charge in [0.15, 0.2) is 5.69 Å². The predicted molar refractivity (Wildman–Crippen MR) is 97.7 cm³/mol. The third-order valence-electron chi connectivity index (χ3n) is 4.31. The summed E-state index contributed by atoms with van der Waals surface area (Å²) in [6.07, 6.45) is -3.91. The first-order chi connectivity index (χ1) is 13.8. The van der Waals surface area contributed by atoms with Gasteiger partial charge in [0, 0.05) is 6.92 Å². The lowest BCUT2D eigenvalue weighted by atomic mass is 10.0. The van der Waals surface area contributed by atoms with Crippen LogP contribution in [0.1, 0.15) is 32.0 Å². The van der Waals surface area contributed by atoms with Crippen molar-refractivity contribution in [3.63, 3.8) is 0 Å². The van der Waals surface area contributed by atoms with Gasteiger partial charge in [-0.2, -0.15) is 18.4 Å². The van der Waals surface area contributed by atoms with Crippen LogP contribution in [0.15, 0.2) is 12.3 Å². The van der Waals surface area contributed by atoms with Crippen LogP contribution in [0.2, 0.25) is 0 Å². The number of alkyl halides is 3. The smallest absolute Gasteiger partial charge is 0.419 e. The van der Waals surface area contributed by atoms with E-state index in [1.54, 1.807) is 0 Å². The third-order valence-corrected chi connectivity index (χ3v) is 4.82. The van der Waals surface area contributed by atoms with Gasteiger partial charge in [-0.05, 0) is 19.9 Å². The molecule has 1 aromatic heterocycles. The molecule has 1 saturated heterocycles. The van der Waals surface area contributed by atoms with Crippen LogP contribution >= 0.6 is 12.6 Å². The number of thiol groups is 1. The zero-order valence-corrected chi connectivity index (χ0v) is 17.0. The van der Waals surface area contributed by atoms with Gasteiger partial charge in [-0.3, -0.25) is 19.3 Å². The molecule has 1 fully saturated rings. The van der Waals surface area contributed by atoms with Crippen molar-refractivity contribution >= 4 is 36.2 Å². The van der Waals surface area contributed by atoms with Crippen molar-refractivity contribution in [2.75, 3.05) is 18.2 Å². The topological polar surface area (TPSA) is 113 Å². The molecule has 2 rings (SSSR count). The van der Waals surface area contributed by atoms with Crippen molar-refractivity contribution in [3.8, 4) is 6.07 Å². The molecule has 0 aliphatic carbocycles. The minimum absolute atomic E-state index is 0.241. The second-order valence-electron chi connectivity index (χ2n) is 6.68. The summed E-state index contributed by atoms with van der Waals surface area (Å²) in [5, 5.41) is 8.87. The molecule has 0 aromatic carbocycles. The number of hydrogen-bond acceptors (Lipinski definition) is 9. The Morgan fingerprint density at radius 1 is 1.37 bits per heavy atom. The Hall–Kier alpha value is -2.85. The van der Waals surface area contributed by atoms with Crippen LogP contribution in [0, 0.1) is 11.3 Å². The monoisotopic (exact) mass is 446 g/mol. The quantitative estimate of drug-likeness (QED) is 0.413. The lowest BCUT2D eigenvalue weighted by Gasteiger charge is -2.29. The fourth-order valence-corrected chi connectivity index (χ4v) is 3.34. The Morgan fingerprint density at radius 3 is 2.53 bits per heavy atom. The highest BCUT2D eigenvalue weighted by atomic mass is 32.1. The Kier molecular flexibility index (Phi) is 6.63. The molecule has 2 heterocycles. The first kappa shape index (κ1) is 23.4. The van der Waals surface area contributed by atoms with E-state index in [9.17, 15) is 27.6 Å². The van der Waals surface area contributed by atoms with E-state index >= 15 is 0 Å². The number of aromatic nitrogens is 1. The molecule has 1 atom stereocenters. The highest BCUT2D eigenvalue weighted by Crippen LogP contribution is 2.39. The maximum atomic E-state index is 13.3. The standard InChI is InChI=1S/C17H17F3N4O5S/c1-9(25)28-8-29-13(26)7-23-15(30)24(14(27)16(23,2)3)10-4-11(17(18,19)20)12(5-21)22-6-10/h4,6,15,30H,7-8H2,1-3H3. The molecule has 13 heteroatoms. The molecule has 0 bridgehead atoms. The molecule has 0 saturated carbocycles. The number of anilines is 1. The van der Waals surface area contributed by atoms with Crippen LogP contribution in [0.3, 0.4) is 0 Å². The molecule has 1 amide bonds. The van der Waals surface area contributed by atoms with Gasteiger partial charge in [-0.15, -0.1) is 12.6 Å². The highest BCUT2D eigenvalue weighted by molar-refractivity contribution is 7.81. The number of nitriles is 1. The van der Waals surface area contributed by atoms with Crippen molar-refractivity contribution in [2.24, 2.45) is 0 Å². The Balaban J connectivity index is 2.31. The minimum atomic E-state index is -4.86. The van der Waals surface area contributed by atoms with Crippen molar-refractivity contribution in [2.45, 2.75) is 38.0 Å². The van der Waals surface area contributed by atoms with E-state index in [0.717, 1.165) is 18.0 Å². The van der Waals surface area contributed by atoms with Crippen molar-refractivity contribution in [1.29, 1.82) is 5.26 Å². The van der Waals surface area contributed by atoms with Crippen molar-refractivity contribution < 1.29 is 37.0 Å². The van der Waals surface area contributed by atoms with Crippen LogP contribution < -0.4 is 4.90 Å². The summed E-state index contributed by atoms with van der Waals surface area (Å²) < 4.78 is 49.0. The average Bonchev–Trinajstić information content (AvgIpc) is 2.80. The van der Waals surface area contributed by atoms with E-state index < -0.39 is 59.7 Å². The molecule has 0 N–H and O–H groups in total. The number of nitrogens with zero attached hydrogens (tertiary/aromatic N) is 4. The first-order valence-corrected chi connectivity index (χ1v) is 8.87. The van der Waals surface area contributed by atoms with Gasteiger partial charge in [0.1, 0.15) is 18.1 Å². The van der Waals surface area contributed by atoms with Gasteiger partial charge in [0.05, 0.1) is 23.0 Å². The second kappa shape index (κ2) is 8.49. The van der Waals surface area contributed by atoms with Gasteiger partial charge in [0.25, 0.3) is 0 Å². The van der Waals surface area contributed by atoms with E-state index in [1.165, 1.54) is 24.8 Å². The van der Waals surface area contributed by atoms with Gasteiger partial charge in [-0.1, -0.05) is 0 Å². The van der Waals surface area contributed by atoms with Gasteiger partial charge >= 0.3 is 18.1 Å². The number of amides is 1. The SMILES string of the molecule is CC(=O)OCOC(=O)CN1C(S)N(c2cnc(C#N)c(C(F)(F)F)c2)C(=O)C1(C)C. The molecular weight excluding hydrogens is 429 g/mol. The summed E-state index contributed by atoms with van der Waals surface area (Å²) in [5.41, 5.74) is -4.84. The Morgan fingerprint density at radius 2 is 2.00 bits per heavy atom.